The van der Waals surface area contributed by atoms with Gasteiger partial charge in [-0.3, -0.25) is 0 Å². The third-order valence-corrected chi connectivity index (χ3v) is 4.93. The van der Waals surface area contributed by atoms with Crippen LogP contribution in [0.2, 0.25) is 5.02 Å². The number of nitrogens with one attached hydrogen (secondary N) is 1. The molecule has 3 rings (SSSR count). The van der Waals surface area contributed by atoms with Crippen LogP contribution in [-0.4, -0.2) is 25.4 Å². The lowest BCUT2D eigenvalue weighted by Gasteiger charge is -2.12. The standard InChI is InChI=1S/C16H14ClN3O3S/c1-23-13-9-7-12(8-10-13)16-15(17)11-18-20(16)19-24(21,22)14-5-3-2-4-6-14/h2-11,19H,1H3. The monoisotopic (exact) mass is 363 g/mol. The zero-order chi connectivity index (χ0) is 17.2. The van der Waals surface area contributed by atoms with Crippen molar-refractivity contribution >= 4 is 21.6 Å². The first-order chi connectivity index (χ1) is 11.5. The molecule has 0 unspecified atom stereocenters. The lowest BCUT2D eigenvalue weighted by molar-refractivity contribution is 0.415. The molecule has 0 radical (unpaired) electrons. The van der Waals surface area contributed by atoms with Gasteiger partial charge in [0.15, 0.2) is 0 Å². The van der Waals surface area contributed by atoms with Crippen LogP contribution in [0, 0.1) is 0 Å². The highest BCUT2D eigenvalue weighted by Gasteiger charge is 2.18. The maximum atomic E-state index is 12.5. The first kappa shape index (κ1) is 16.4. The molecular formula is C16H14ClN3O3S. The molecule has 6 nitrogen and oxygen atoms in total. The van der Waals surface area contributed by atoms with Gasteiger partial charge in [-0.1, -0.05) is 29.8 Å². The van der Waals surface area contributed by atoms with Crippen molar-refractivity contribution in [3.8, 4) is 17.0 Å². The van der Waals surface area contributed by atoms with E-state index in [2.05, 4.69) is 9.93 Å². The smallest absolute Gasteiger partial charge is 0.276 e. The van der Waals surface area contributed by atoms with Crippen molar-refractivity contribution in [2.45, 2.75) is 4.90 Å². The highest BCUT2D eigenvalue weighted by Crippen LogP contribution is 2.29. The van der Waals surface area contributed by atoms with Crippen molar-refractivity contribution in [2.24, 2.45) is 0 Å². The highest BCUT2D eigenvalue weighted by atomic mass is 35.5. The molecule has 8 heteroatoms. The Morgan fingerprint density at radius 3 is 2.38 bits per heavy atom. The number of rotatable bonds is 5. The first-order valence-electron chi connectivity index (χ1n) is 6.97. The molecule has 1 aromatic heterocycles. The van der Waals surface area contributed by atoms with E-state index in [1.165, 1.54) is 18.3 Å². The molecule has 0 aliphatic carbocycles. The van der Waals surface area contributed by atoms with Gasteiger partial charge in [-0.25, -0.2) is 0 Å². The van der Waals surface area contributed by atoms with Gasteiger partial charge in [-0.15, -0.1) is 0 Å². The van der Waals surface area contributed by atoms with Gasteiger partial charge in [0.1, 0.15) is 11.4 Å². The molecular weight excluding hydrogens is 350 g/mol. The second-order valence-electron chi connectivity index (χ2n) is 4.89. The Hall–Kier alpha value is -2.51. The molecule has 2 aromatic carbocycles. The van der Waals surface area contributed by atoms with Crippen molar-refractivity contribution in [1.29, 1.82) is 0 Å². The second-order valence-corrected chi connectivity index (χ2v) is 6.96. The van der Waals surface area contributed by atoms with Crippen LogP contribution < -0.4 is 9.57 Å². The molecule has 0 atom stereocenters. The molecule has 1 heterocycles. The predicted molar refractivity (Wildman–Crippen MR) is 92.2 cm³/mol. The molecule has 24 heavy (non-hydrogen) atoms. The number of halogens is 1. The Kier molecular flexibility index (Phi) is 4.46. The molecule has 124 valence electrons. The fraction of sp³-hybridized carbons (Fsp3) is 0.0625. The minimum absolute atomic E-state index is 0.136. The lowest BCUT2D eigenvalue weighted by atomic mass is 10.1. The predicted octanol–water partition coefficient (Wildman–Crippen LogP) is 3.14. The van der Waals surface area contributed by atoms with Crippen molar-refractivity contribution in [3.05, 3.63) is 65.8 Å². The average molecular weight is 364 g/mol. The molecule has 0 saturated heterocycles. The molecule has 0 aliphatic rings. The summed E-state index contributed by atoms with van der Waals surface area (Å²) in [5.74, 6) is 0.686. The van der Waals surface area contributed by atoms with E-state index in [0.29, 0.717) is 22.0 Å². The number of aromatic nitrogens is 2. The van der Waals surface area contributed by atoms with Crippen LogP contribution in [0.25, 0.3) is 11.3 Å². The van der Waals surface area contributed by atoms with Crippen molar-refractivity contribution in [2.75, 3.05) is 11.9 Å². The minimum atomic E-state index is -3.78. The lowest BCUT2D eigenvalue weighted by Crippen LogP contribution is -2.25. The van der Waals surface area contributed by atoms with E-state index in [4.69, 9.17) is 16.3 Å². The number of methoxy groups -OCH3 is 1. The van der Waals surface area contributed by atoms with Crippen LogP contribution in [0.1, 0.15) is 0 Å². The SMILES string of the molecule is COc1ccc(-c2c(Cl)cnn2NS(=O)(=O)c2ccccc2)cc1. The second kappa shape index (κ2) is 6.54. The quantitative estimate of drug-likeness (QED) is 0.755. The van der Waals surface area contributed by atoms with E-state index < -0.39 is 10.0 Å². The van der Waals surface area contributed by atoms with E-state index >= 15 is 0 Å². The molecule has 1 N–H and O–H groups in total. The van der Waals surface area contributed by atoms with Crippen LogP contribution in [-0.2, 0) is 10.0 Å². The van der Waals surface area contributed by atoms with Crippen LogP contribution in [0.4, 0.5) is 0 Å². The van der Waals surface area contributed by atoms with E-state index in [0.717, 1.165) is 4.79 Å². The molecule has 0 fully saturated rings. The van der Waals surface area contributed by atoms with Gasteiger partial charge in [0.05, 0.1) is 23.2 Å². The zero-order valence-corrected chi connectivity index (χ0v) is 14.3. The summed E-state index contributed by atoms with van der Waals surface area (Å²) in [6.45, 7) is 0. The van der Waals surface area contributed by atoms with Crippen molar-refractivity contribution < 1.29 is 13.2 Å². The summed E-state index contributed by atoms with van der Waals surface area (Å²) in [7, 11) is -2.21. The fourth-order valence-corrected chi connectivity index (χ4v) is 3.39. The van der Waals surface area contributed by atoms with Crippen LogP contribution in [0.5, 0.6) is 5.75 Å². The van der Waals surface area contributed by atoms with Crippen LogP contribution in [0.3, 0.4) is 0 Å². The van der Waals surface area contributed by atoms with E-state index in [-0.39, 0.29) is 4.90 Å². The Labute approximate surface area is 144 Å². The molecule has 0 aliphatic heterocycles. The van der Waals surface area contributed by atoms with Crippen LogP contribution >= 0.6 is 11.6 Å². The maximum Gasteiger partial charge on any atom is 0.276 e. The maximum absolute atomic E-state index is 12.5. The third kappa shape index (κ3) is 3.22. The van der Waals surface area contributed by atoms with E-state index in [1.807, 2.05) is 0 Å². The number of hydrogen-bond donors (Lipinski definition) is 1. The summed E-state index contributed by atoms with van der Waals surface area (Å²) < 4.78 is 30.0. The zero-order valence-electron chi connectivity index (χ0n) is 12.7. The third-order valence-electron chi connectivity index (χ3n) is 3.35. The summed E-state index contributed by atoms with van der Waals surface area (Å²) in [5.41, 5.74) is 1.15. The summed E-state index contributed by atoms with van der Waals surface area (Å²) in [6, 6.07) is 15.1. The van der Waals surface area contributed by atoms with E-state index in [9.17, 15) is 8.42 Å². The Bertz CT molecular complexity index is 938. The summed E-state index contributed by atoms with van der Waals surface area (Å²) in [4.78, 5) is 3.69. The van der Waals surface area contributed by atoms with Crippen LogP contribution in [0.15, 0.2) is 65.7 Å². The molecule has 0 bridgehead atoms. The topological polar surface area (TPSA) is 73.2 Å². The van der Waals surface area contributed by atoms with Gasteiger partial charge in [0.2, 0.25) is 0 Å². The first-order valence-corrected chi connectivity index (χ1v) is 8.83. The number of hydrogen-bond acceptors (Lipinski definition) is 4. The van der Waals surface area contributed by atoms with Gasteiger partial charge >= 0.3 is 0 Å². The number of sulfonamides is 1. The summed E-state index contributed by atoms with van der Waals surface area (Å²) >= 11 is 6.18. The number of ether oxygens (including phenoxy) is 1. The van der Waals surface area contributed by atoms with Gasteiger partial charge < -0.3 is 4.74 Å². The number of nitrogens with zero attached hydrogens (tertiary/aromatic N) is 2. The minimum Gasteiger partial charge on any atom is -0.497 e. The van der Waals surface area contributed by atoms with E-state index in [1.54, 1.807) is 49.6 Å². The molecule has 0 amide bonds. The Morgan fingerprint density at radius 1 is 1.08 bits per heavy atom. The largest absolute Gasteiger partial charge is 0.497 e. The molecule has 3 aromatic rings. The number of benzene rings is 2. The summed E-state index contributed by atoms with van der Waals surface area (Å²) in [6.07, 6.45) is 1.38. The molecule has 0 spiro atoms. The van der Waals surface area contributed by atoms with Gasteiger partial charge in [0, 0.05) is 5.56 Å². The fourth-order valence-electron chi connectivity index (χ4n) is 2.17. The van der Waals surface area contributed by atoms with Gasteiger partial charge in [-0.05, 0) is 36.4 Å². The average Bonchev–Trinajstić information content (AvgIpc) is 2.95. The normalized spacial score (nSPS) is 11.2. The van der Waals surface area contributed by atoms with Gasteiger partial charge in [-0.2, -0.15) is 23.1 Å². The Morgan fingerprint density at radius 2 is 1.75 bits per heavy atom. The Balaban J connectivity index is 1.98. The summed E-state index contributed by atoms with van der Waals surface area (Å²) in [5, 5.41) is 4.34. The molecule has 0 saturated carbocycles. The highest BCUT2D eigenvalue weighted by molar-refractivity contribution is 7.92. The van der Waals surface area contributed by atoms with Gasteiger partial charge in [0.25, 0.3) is 10.0 Å². The van der Waals surface area contributed by atoms with Crippen molar-refractivity contribution in [3.63, 3.8) is 0 Å². The van der Waals surface area contributed by atoms with Crippen molar-refractivity contribution in [1.82, 2.24) is 9.89 Å².